The van der Waals surface area contributed by atoms with E-state index in [0.717, 1.165) is 5.57 Å². The maximum atomic E-state index is 11.1. The molecule has 0 atom stereocenters. The van der Waals surface area contributed by atoms with Gasteiger partial charge in [0.2, 0.25) is 5.91 Å². The number of primary amides is 1. The first-order valence-electron chi connectivity index (χ1n) is 4.61. The van der Waals surface area contributed by atoms with Gasteiger partial charge in [-0.3, -0.25) is 4.79 Å². The van der Waals surface area contributed by atoms with Gasteiger partial charge in [0.1, 0.15) is 0 Å². The summed E-state index contributed by atoms with van der Waals surface area (Å²) in [5.41, 5.74) is 12.9. The fourth-order valence-corrected chi connectivity index (χ4v) is 1.25. The van der Waals surface area contributed by atoms with Gasteiger partial charge in [-0.25, -0.2) is 0 Å². The average Bonchev–Trinajstić information content (AvgIpc) is 1.96. The Labute approximate surface area is 85.9 Å². The number of hydrogen-bond acceptors (Lipinski definition) is 2. The van der Waals surface area contributed by atoms with Crippen molar-refractivity contribution in [1.29, 1.82) is 0 Å². The summed E-state index contributed by atoms with van der Waals surface area (Å²) in [6, 6.07) is 0. The minimum Gasteiger partial charge on any atom is -0.402 e. The van der Waals surface area contributed by atoms with Crippen LogP contribution in [0.5, 0.6) is 0 Å². The molecule has 14 heavy (non-hydrogen) atoms. The third kappa shape index (κ3) is 3.64. The van der Waals surface area contributed by atoms with E-state index in [4.69, 9.17) is 11.5 Å². The molecule has 0 heterocycles. The Morgan fingerprint density at radius 1 is 1.14 bits per heavy atom. The Balaban J connectivity index is 5.44. The predicted octanol–water partition coefficient (Wildman–Crippen LogP) is 1.70. The fourth-order valence-electron chi connectivity index (χ4n) is 1.25. The second-order valence-electron chi connectivity index (χ2n) is 4.54. The molecule has 0 aromatic rings. The van der Waals surface area contributed by atoms with Crippen molar-refractivity contribution >= 4 is 5.91 Å². The molecule has 4 N–H and O–H groups in total. The summed E-state index contributed by atoms with van der Waals surface area (Å²) in [7, 11) is 0. The highest BCUT2D eigenvalue weighted by Gasteiger charge is 2.19. The molecule has 0 saturated carbocycles. The van der Waals surface area contributed by atoms with Crippen LogP contribution in [-0.4, -0.2) is 5.91 Å². The van der Waals surface area contributed by atoms with Crippen molar-refractivity contribution in [2.24, 2.45) is 16.9 Å². The fraction of sp³-hybridized carbons (Fsp3) is 0.545. The number of nitrogens with two attached hydrogens (primary N) is 2. The lowest BCUT2D eigenvalue weighted by atomic mass is 9.83. The predicted molar refractivity (Wildman–Crippen MR) is 59.3 cm³/mol. The van der Waals surface area contributed by atoms with E-state index < -0.39 is 5.91 Å². The van der Waals surface area contributed by atoms with Crippen LogP contribution in [0.3, 0.4) is 0 Å². The summed E-state index contributed by atoms with van der Waals surface area (Å²) in [5, 5.41) is 0. The van der Waals surface area contributed by atoms with E-state index in [-0.39, 0.29) is 5.41 Å². The molecule has 0 radical (unpaired) electrons. The van der Waals surface area contributed by atoms with Gasteiger partial charge in [-0.2, -0.15) is 0 Å². The third-order valence-corrected chi connectivity index (χ3v) is 1.95. The lowest BCUT2D eigenvalue weighted by Gasteiger charge is -2.22. The summed E-state index contributed by atoms with van der Waals surface area (Å²) < 4.78 is 0. The van der Waals surface area contributed by atoms with Gasteiger partial charge >= 0.3 is 0 Å². The van der Waals surface area contributed by atoms with E-state index in [1.54, 1.807) is 19.9 Å². The molecule has 0 saturated heterocycles. The summed E-state index contributed by atoms with van der Waals surface area (Å²) in [6.07, 6.45) is 1.81. The van der Waals surface area contributed by atoms with Gasteiger partial charge in [-0.1, -0.05) is 20.8 Å². The molecule has 80 valence electrons. The smallest absolute Gasteiger partial charge is 0.244 e. The normalized spacial score (nSPS) is 15.1. The molecular weight excluding hydrogens is 176 g/mol. The van der Waals surface area contributed by atoms with Gasteiger partial charge < -0.3 is 11.5 Å². The van der Waals surface area contributed by atoms with Gasteiger partial charge in [-0.15, -0.1) is 0 Å². The number of allylic oxidation sites excluding steroid dienone is 3. The van der Waals surface area contributed by atoms with Gasteiger partial charge in [0, 0.05) is 11.3 Å². The van der Waals surface area contributed by atoms with Crippen molar-refractivity contribution in [3.05, 3.63) is 22.9 Å². The quantitative estimate of drug-likeness (QED) is 0.521. The SMILES string of the molecule is C/C(N)=C/C(=C(\C)C(N)=O)C(C)(C)C. The van der Waals surface area contributed by atoms with Crippen molar-refractivity contribution in [2.75, 3.05) is 0 Å². The van der Waals surface area contributed by atoms with E-state index >= 15 is 0 Å². The zero-order valence-corrected chi connectivity index (χ0v) is 9.64. The molecule has 0 fully saturated rings. The van der Waals surface area contributed by atoms with Crippen molar-refractivity contribution in [2.45, 2.75) is 34.6 Å². The van der Waals surface area contributed by atoms with Crippen LogP contribution in [0.4, 0.5) is 0 Å². The Morgan fingerprint density at radius 2 is 1.57 bits per heavy atom. The third-order valence-electron chi connectivity index (χ3n) is 1.95. The number of hydrogen-bond donors (Lipinski definition) is 2. The van der Waals surface area contributed by atoms with Crippen molar-refractivity contribution in [1.82, 2.24) is 0 Å². The summed E-state index contributed by atoms with van der Waals surface area (Å²) in [5.74, 6) is -0.396. The zero-order chi connectivity index (χ0) is 11.5. The summed E-state index contributed by atoms with van der Waals surface area (Å²) in [4.78, 5) is 11.1. The topological polar surface area (TPSA) is 69.1 Å². The van der Waals surface area contributed by atoms with Crippen LogP contribution in [-0.2, 0) is 4.79 Å². The number of amides is 1. The van der Waals surface area contributed by atoms with Gasteiger partial charge in [-0.05, 0) is 30.9 Å². The molecule has 0 aliphatic carbocycles. The van der Waals surface area contributed by atoms with Crippen LogP contribution in [0.2, 0.25) is 0 Å². The molecule has 0 aromatic heterocycles. The van der Waals surface area contributed by atoms with Crippen LogP contribution < -0.4 is 11.5 Å². The summed E-state index contributed by atoms with van der Waals surface area (Å²) in [6.45, 7) is 9.58. The van der Waals surface area contributed by atoms with E-state index in [1.165, 1.54) is 0 Å². The van der Waals surface area contributed by atoms with E-state index in [9.17, 15) is 4.79 Å². The lowest BCUT2D eigenvalue weighted by molar-refractivity contribution is -0.114. The molecule has 0 aliphatic rings. The van der Waals surface area contributed by atoms with Gasteiger partial charge in [0.15, 0.2) is 0 Å². The lowest BCUT2D eigenvalue weighted by Crippen LogP contribution is -2.19. The monoisotopic (exact) mass is 196 g/mol. The molecular formula is C11H20N2O. The highest BCUT2D eigenvalue weighted by molar-refractivity contribution is 5.92. The molecule has 0 aliphatic heterocycles. The van der Waals surface area contributed by atoms with Crippen molar-refractivity contribution < 1.29 is 4.79 Å². The Morgan fingerprint density at radius 3 is 1.79 bits per heavy atom. The van der Waals surface area contributed by atoms with Crippen molar-refractivity contribution in [3.8, 4) is 0 Å². The van der Waals surface area contributed by atoms with Crippen LogP contribution >= 0.6 is 0 Å². The Bertz CT molecular complexity index is 289. The average molecular weight is 196 g/mol. The van der Waals surface area contributed by atoms with Crippen LogP contribution in [0, 0.1) is 5.41 Å². The highest BCUT2D eigenvalue weighted by atomic mass is 16.1. The maximum absolute atomic E-state index is 11.1. The minimum absolute atomic E-state index is 0.125. The number of carbonyl (C=O) groups excluding carboxylic acids is 1. The summed E-state index contributed by atoms with van der Waals surface area (Å²) >= 11 is 0. The molecule has 0 spiro atoms. The largest absolute Gasteiger partial charge is 0.402 e. The number of carbonyl (C=O) groups is 1. The van der Waals surface area contributed by atoms with E-state index in [0.29, 0.717) is 11.3 Å². The molecule has 3 nitrogen and oxygen atoms in total. The minimum atomic E-state index is -0.396. The molecule has 0 aromatic carbocycles. The second-order valence-corrected chi connectivity index (χ2v) is 4.54. The van der Waals surface area contributed by atoms with E-state index in [2.05, 4.69) is 0 Å². The Kier molecular flexibility index (Phi) is 3.93. The van der Waals surface area contributed by atoms with Crippen LogP contribution in [0.25, 0.3) is 0 Å². The first-order valence-corrected chi connectivity index (χ1v) is 4.61. The van der Waals surface area contributed by atoms with Gasteiger partial charge in [0.25, 0.3) is 0 Å². The Hall–Kier alpha value is -1.25. The maximum Gasteiger partial charge on any atom is 0.244 e. The second kappa shape index (κ2) is 4.31. The molecule has 0 rings (SSSR count). The van der Waals surface area contributed by atoms with Crippen LogP contribution in [0.15, 0.2) is 22.9 Å². The molecule has 0 unspecified atom stereocenters. The molecule has 1 amide bonds. The zero-order valence-electron chi connectivity index (χ0n) is 9.64. The van der Waals surface area contributed by atoms with Crippen LogP contribution in [0.1, 0.15) is 34.6 Å². The standard InChI is InChI=1S/C11H20N2O/c1-7(12)6-9(11(3,4)5)8(2)10(13)14/h6H,12H2,1-5H3,(H2,13,14)/b7-6-,9-8-. The van der Waals surface area contributed by atoms with E-state index in [1.807, 2.05) is 20.8 Å². The highest BCUT2D eigenvalue weighted by Crippen LogP contribution is 2.29. The van der Waals surface area contributed by atoms with Gasteiger partial charge in [0.05, 0.1) is 0 Å². The first-order chi connectivity index (χ1) is 6.16. The molecule has 0 bridgehead atoms. The first kappa shape index (κ1) is 12.8. The van der Waals surface area contributed by atoms with Crippen molar-refractivity contribution in [3.63, 3.8) is 0 Å². The molecule has 3 heteroatoms. The number of rotatable bonds is 2.